The van der Waals surface area contributed by atoms with Crippen LogP contribution < -0.4 is 5.32 Å². The highest BCUT2D eigenvalue weighted by atomic mass is 19.1. The minimum atomic E-state index is -0.388. The Kier molecular flexibility index (Phi) is 4.80. The van der Waals surface area contributed by atoms with Crippen LogP contribution in [0.25, 0.3) is 11.1 Å². The molecule has 1 saturated heterocycles. The molecule has 1 aliphatic rings. The monoisotopic (exact) mass is 302 g/mol. The van der Waals surface area contributed by atoms with E-state index in [4.69, 9.17) is 0 Å². The van der Waals surface area contributed by atoms with Crippen molar-refractivity contribution in [3.63, 3.8) is 0 Å². The van der Waals surface area contributed by atoms with Crippen molar-refractivity contribution in [3.05, 3.63) is 59.7 Å². The zero-order valence-electron chi connectivity index (χ0n) is 12.5. The van der Waals surface area contributed by atoms with E-state index in [0.29, 0.717) is 11.1 Å². The van der Waals surface area contributed by atoms with E-state index in [0.717, 1.165) is 44.7 Å². The standard InChI is InChI=1S/C18H20F2N2/c19-17-4-2-1-3-15(17)16-13-14(5-6-18(16)20)7-10-22-11-8-21-9-12-22/h1-6,13,21H,7-12H2. The Bertz CT molecular complexity index is 637. The molecule has 1 N–H and O–H groups in total. The number of hydrogen-bond donors (Lipinski definition) is 1. The second-order valence-corrected chi connectivity index (χ2v) is 5.64. The predicted octanol–water partition coefficient (Wildman–Crippen LogP) is 3.08. The van der Waals surface area contributed by atoms with E-state index in [9.17, 15) is 8.78 Å². The molecule has 0 unspecified atom stereocenters. The van der Waals surface area contributed by atoms with E-state index in [1.807, 2.05) is 0 Å². The van der Waals surface area contributed by atoms with Gasteiger partial charge >= 0.3 is 0 Å². The quantitative estimate of drug-likeness (QED) is 0.934. The van der Waals surface area contributed by atoms with Crippen LogP contribution in [0, 0.1) is 11.6 Å². The molecule has 0 bridgehead atoms. The van der Waals surface area contributed by atoms with Gasteiger partial charge in [-0.05, 0) is 30.2 Å². The largest absolute Gasteiger partial charge is 0.314 e. The van der Waals surface area contributed by atoms with Crippen molar-refractivity contribution in [1.29, 1.82) is 0 Å². The molecule has 0 radical (unpaired) electrons. The number of piperazine rings is 1. The van der Waals surface area contributed by atoms with Gasteiger partial charge in [0.15, 0.2) is 0 Å². The Morgan fingerprint density at radius 3 is 2.41 bits per heavy atom. The summed E-state index contributed by atoms with van der Waals surface area (Å²) in [6.07, 6.45) is 0.849. The van der Waals surface area contributed by atoms with Gasteiger partial charge in [0.25, 0.3) is 0 Å². The lowest BCUT2D eigenvalue weighted by molar-refractivity contribution is 0.244. The summed E-state index contributed by atoms with van der Waals surface area (Å²) < 4.78 is 27.9. The highest BCUT2D eigenvalue weighted by Crippen LogP contribution is 2.26. The van der Waals surface area contributed by atoms with Crippen LogP contribution in [-0.4, -0.2) is 37.6 Å². The molecule has 2 nitrogen and oxygen atoms in total. The summed E-state index contributed by atoms with van der Waals surface area (Å²) in [4.78, 5) is 2.39. The van der Waals surface area contributed by atoms with E-state index >= 15 is 0 Å². The molecule has 2 aromatic carbocycles. The van der Waals surface area contributed by atoms with Crippen LogP contribution in [0.5, 0.6) is 0 Å². The fraction of sp³-hybridized carbons (Fsp3) is 0.333. The van der Waals surface area contributed by atoms with E-state index < -0.39 is 0 Å². The van der Waals surface area contributed by atoms with E-state index in [2.05, 4.69) is 10.2 Å². The van der Waals surface area contributed by atoms with Gasteiger partial charge in [-0.1, -0.05) is 24.3 Å². The van der Waals surface area contributed by atoms with Crippen molar-refractivity contribution >= 4 is 0 Å². The van der Waals surface area contributed by atoms with Gasteiger partial charge in [0.05, 0.1) is 0 Å². The summed E-state index contributed by atoms with van der Waals surface area (Å²) in [6, 6.07) is 11.3. The fourth-order valence-electron chi connectivity index (χ4n) is 2.84. The summed E-state index contributed by atoms with van der Waals surface area (Å²) in [5.74, 6) is -0.767. The molecular formula is C18H20F2N2. The minimum absolute atomic E-state index is 0.323. The van der Waals surface area contributed by atoms with Gasteiger partial charge in [0, 0.05) is 43.9 Å². The Morgan fingerprint density at radius 2 is 1.64 bits per heavy atom. The van der Waals surface area contributed by atoms with Crippen LogP contribution in [0.4, 0.5) is 8.78 Å². The Morgan fingerprint density at radius 1 is 0.909 bits per heavy atom. The van der Waals surface area contributed by atoms with Crippen LogP contribution in [0.2, 0.25) is 0 Å². The van der Waals surface area contributed by atoms with Gasteiger partial charge in [0.2, 0.25) is 0 Å². The van der Waals surface area contributed by atoms with Crippen molar-refractivity contribution in [3.8, 4) is 11.1 Å². The SMILES string of the molecule is Fc1ccccc1-c1cc(CCN2CCNCC2)ccc1F. The van der Waals surface area contributed by atoms with Crippen LogP contribution in [-0.2, 0) is 6.42 Å². The molecule has 4 heteroatoms. The zero-order chi connectivity index (χ0) is 15.4. The number of benzene rings is 2. The number of halogens is 2. The maximum Gasteiger partial charge on any atom is 0.131 e. The zero-order valence-corrected chi connectivity index (χ0v) is 12.5. The Balaban J connectivity index is 1.76. The van der Waals surface area contributed by atoms with Gasteiger partial charge in [-0.15, -0.1) is 0 Å². The third kappa shape index (κ3) is 3.51. The summed E-state index contributed by atoms with van der Waals surface area (Å²) in [5, 5.41) is 3.32. The second-order valence-electron chi connectivity index (χ2n) is 5.64. The normalized spacial score (nSPS) is 15.9. The number of hydrogen-bond acceptors (Lipinski definition) is 2. The molecule has 0 atom stereocenters. The smallest absolute Gasteiger partial charge is 0.131 e. The summed E-state index contributed by atoms with van der Waals surface area (Å²) in [6.45, 7) is 5.07. The molecule has 1 fully saturated rings. The number of nitrogens with zero attached hydrogens (tertiary/aromatic N) is 1. The molecule has 0 aromatic heterocycles. The first-order valence-electron chi connectivity index (χ1n) is 7.70. The van der Waals surface area contributed by atoms with Crippen molar-refractivity contribution in [2.75, 3.05) is 32.7 Å². The molecule has 0 saturated carbocycles. The molecule has 0 aliphatic carbocycles. The average Bonchev–Trinajstić information content (AvgIpc) is 2.56. The van der Waals surface area contributed by atoms with Crippen molar-refractivity contribution < 1.29 is 8.78 Å². The summed E-state index contributed by atoms with van der Waals surface area (Å²) in [5.41, 5.74) is 1.71. The topological polar surface area (TPSA) is 15.3 Å². The fourth-order valence-corrected chi connectivity index (χ4v) is 2.84. The van der Waals surface area contributed by atoms with Crippen LogP contribution >= 0.6 is 0 Å². The van der Waals surface area contributed by atoms with Gasteiger partial charge in [-0.2, -0.15) is 0 Å². The molecular weight excluding hydrogens is 282 g/mol. The first kappa shape index (κ1) is 15.1. The lowest BCUT2D eigenvalue weighted by Crippen LogP contribution is -2.44. The van der Waals surface area contributed by atoms with Gasteiger partial charge in [-0.25, -0.2) is 8.78 Å². The van der Waals surface area contributed by atoms with Gasteiger partial charge in [-0.3, -0.25) is 0 Å². The maximum atomic E-state index is 14.0. The average molecular weight is 302 g/mol. The third-order valence-electron chi connectivity index (χ3n) is 4.12. The predicted molar refractivity (Wildman–Crippen MR) is 84.8 cm³/mol. The third-order valence-corrected chi connectivity index (χ3v) is 4.12. The first-order chi connectivity index (χ1) is 10.7. The van der Waals surface area contributed by atoms with E-state index in [1.54, 1.807) is 30.3 Å². The molecule has 2 aromatic rings. The van der Waals surface area contributed by atoms with Crippen LogP contribution in [0.1, 0.15) is 5.56 Å². The maximum absolute atomic E-state index is 14.0. The van der Waals surface area contributed by atoms with Crippen LogP contribution in [0.15, 0.2) is 42.5 Å². The van der Waals surface area contributed by atoms with Crippen molar-refractivity contribution in [2.45, 2.75) is 6.42 Å². The Labute approximate surface area is 129 Å². The Hall–Kier alpha value is -1.78. The van der Waals surface area contributed by atoms with E-state index in [1.165, 1.54) is 12.1 Å². The minimum Gasteiger partial charge on any atom is -0.314 e. The van der Waals surface area contributed by atoms with Gasteiger partial charge in [0.1, 0.15) is 11.6 Å². The second kappa shape index (κ2) is 6.99. The highest BCUT2D eigenvalue weighted by molar-refractivity contribution is 5.65. The van der Waals surface area contributed by atoms with Gasteiger partial charge < -0.3 is 10.2 Å². The van der Waals surface area contributed by atoms with Crippen molar-refractivity contribution in [2.24, 2.45) is 0 Å². The van der Waals surface area contributed by atoms with Crippen LogP contribution in [0.3, 0.4) is 0 Å². The first-order valence-corrected chi connectivity index (χ1v) is 7.70. The molecule has 0 amide bonds. The molecule has 0 spiro atoms. The highest BCUT2D eigenvalue weighted by Gasteiger charge is 2.12. The molecule has 116 valence electrons. The summed E-state index contributed by atoms with van der Waals surface area (Å²) >= 11 is 0. The lowest BCUT2D eigenvalue weighted by Gasteiger charge is -2.27. The molecule has 3 rings (SSSR count). The molecule has 22 heavy (non-hydrogen) atoms. The lowest BCUT2D eigenvalue weighted by atomic mass is 10.0. The molecule has 1 heterocycles. The van der Waals surface area contributed by atoms with E-state index in [-0.39, 0.29) is 11.6 Å². The van der Waals surface area contributed by atoms with Crippen molar-refractivity contribution in [1.82, 2.24) is 10.2 Å². The number of rotatable bonds is 4. The molecule has 1 aliphatic heterocycles. The number of nitrogens with one attached hydrogen (secondary N) is 1. The summed E-state index contributed by atoms with van der Waals surface area (Å²) in [7, 11) is 0.